The Hall–Kier alpha value is -3.27. The first-order valence-electron chi connectivity index (χ1n) is 8.98. The molecule has 8 nitrogen and oxygen atoms in total. The van der Waals surface area contributed by atoms with Gasteiger partial charge in [0.2, 0.25) is 10.0 Å². The lowest BCUT2D eigenvalue weighted by Crippen LogP contribution is -2.24. The summed E-state index contributed by atoms with van der Waals surface area (Å²) in [4.78, 5) is 20.2. The van der Waals surface area contributed by atoms with Crippen molar-refractivity contribution < 1.29 is 27.4 Å². The molecule has 0 unspecified atom stereocenters. The maximum Gasteiger partial charge on any atom is 0.360 e. The molecule has 0 aliphatic rings. The lowest BCUT2D eigenvalue weighted by molar-refractivity contribution is 0.0591. The Morgan fingerprint density at radius 2 is 1.90 bits per heavy atom. The number of esters is 1. The molecule has 0 saturated heterocycles. The van der Waals surface area contributed by atoms with Crippen molar-refractivity contribution in [1.82, 2.24) is 9.97 Å². The molecule has 0 saturated carbocycles. The third kappa shape index (κ3) is 4.33. The van der Waals surface area contributed by atoms with E-state index in [0.717, 1.165) is 12.7 Å². The van der Waals surface area contributed by atoms with E-state index < -0.39 is 32.7 Å². The largest absolute Gasteiger partial charge is 0.504 e. The van der Waals surface area contributed by atoms with Gasteiger partial charge < -0.3 is 9.84 Å². The van der Waals surface area contributed by atoms with Gasteiger partial charge in [-0.15, -0.1) is 0 Å². The minimum Gasteiger partial charge on any atom is -0.504 e. The molecule has 0 radical (unpaired) electrons. The van der Waals surface area contributed by atoms with Gasteiger partial charge in [0.15, 0.2) is 11.4 Å². The van der Waals surface area contributed by atoms with Gasteiger partial charge in [-0.25, -0.2) is 22.6 Å². The Kier molecular flexibility index (Phi) is 5.88. The lowest BCUT2D eigenvalue weighted by atomic mass is 10.0. The van der Waals surface area contributed by atoms with Crippen molar-refractivity contribution in [3.05, 3.63) is 59.2 Å². The van der Waals surface area contributed by atoms with E-state index in [2.05, 4.69) is 19.4 Å². The standard InChI is InChI=1S/C20H20FN3O5S/c1-11(2)30(27,28)24-19-15-9-13(8-12-4-6-14(21)7-5-12)10-22-16(15)18(25)17(23-19)20(26)29-3/h4-7,9-11,25H,8H2,1-3H3,(H,23,24). The molecule has 158 valence electrons. The summed E-state index contributed by atoms with van der Waals surface area (Å²) in [5.74, 6) is -1.95. The van der Waals surface area contributed by atoms with Crippen molar-refractivity contribution in [2.45, 2.75) is 25.5 Å². The number of nitrogens with zero attached hydrogens (tertiary/aromatic N) is 2. The van der Waals surface area contributed by atoms with Crippen molar-refractivity contribution >= 4 is 32.7 Å². The fourth-order valence-electron chi connectivity index (χ4n) is 2.72. The number of ether oxygens (including phenoxy) is 1. The summed E-state index contributed by atoms with van der Waals surface area (Å²) in [5.41, 5.74) is 1.02. The fourth-order valence-corrected chi connectivity index (χ4v) is 3.38. The molecular formula is C20H20FN3O5S. The summed E-state index contributed by atoms with van der Waals surface area (Å²) < 4.78 is 44.9. The Balaban J connectivity index is 2.16. The first kappa shape index (κ1) is 21.4. The number of rotatable bonds is 6. The van der Waals surface area contributed by atoms with Gasteiger partial charge in [-0.1, -0.05) is 12.1 Å². The Morgan fingerprint density at radius 3 is 2.50 bits per heavy atom. The SMILES string of the molecule is COC(=O)c1nc(NS(=O)(=O)C(C)C)c2cc(Cc3ccc(F)cc3)cnc2c1O. The van der Waals surface area contributed by atoms with E-state index in [1.165, 1.54) is 32.2 Å². The highest BCUT2D eigenvalue weighted by Crippen LogP contribution is 2.33. The summed E-state index contributed by atoms with van der Waals surface area (Å²) in [6.45, 7) is 2.98. The molecule has 3 rings (SSSR count). The second-order valence-electron chi connectivity index (χ2n) is 6.89. The molecule has 10 heteroatoms. The van der Waals surface area contributed by atoms with Gasteiger partial charge >= 0.3 is 5.97 Å². The molecule has 30 heavy (non-hydrogen) atoms. The van der Waals surface area contributed by atoms with Crippen LogP contribution in [0, 0.1) is 5.82 Å². The molecular weight excluding hydrogens is 413 g/mol. The minimum absolute atomic E-state index is 0.00490. The molecule has 0 atom stereocenters. The number of carbonyl (C=O) groups excluding carboxylic acids is 1. The van der Waals surface area contributed by atoms with Gasteiger partial charge in [-0.2, -0.15) is 0 Å². The number of hydrogen-bond donors (Lipinski definition) is 2. The number of pyridine rings is 2. The van der Waals surface area contributed by atoms with E-state index in [1.54, 1.807) is 18.2 Å². The zero-order valence-electron chi connectivity index (χ0n) is 16.5. The average molecular weight is 433 g/mol. The van der Waals surface area contributed by atoms with Crippen LogP contribution in [0.5, 0.6) is 5.75 Å². The first-order chi connectivity index (χ1) is 14.1. The Labute approximate surface area is 172 Å². The van der Waals surface area contributed by atoms with Crippen LogP contribution in [-0.2, 0) is 21.2 Å². The summed E-state index contributed by atoms with van der Waals surface area (Å²) in [6, 6.07) is 7.53. The first-order valence-corrected chi connectivity index (χ1v) is 10.5. The predicted octanol–water partition coefficient (Wildman–Crippen LogP) is 3.00. The van der Waals surface area contributed by atoms with Gasteiger partial charge in [0.25, 0.3) is 0 Å². The number of sulfonamides is 1. The molecule has 0 spiro atoms. The smallest absolute Gasteiger partial charge is 0.360 e. The number of benzene rings is 1. The zero-order valence-corrected chi connectivity index (χ0v) is 17.3. The van der Waals surface area contributed by atoms with E-state index >= 15 is 0 Å². The number of nitrogens with one attached hydrogen (secondary N) is 1. The summed E-state index contributed by atoms with van der Waals surface area (Å²) >= 11 is 0. The Bertz CT molecular complexity index is 1210. The highest BCUT2D eigenvalue weighted by molar-refractivity contribution is 7.93. The van der Waals surface area contributed by atoms with Crippen molar-refractivity contribution in [2.24, 2.45) is 0 Å². The van der Waals surface area contributed by atoms with Crippen molar-refractivity contribution in [3.8, 4) is 5.75 Å². The Morgan fingerprint density at radius 1 is 1.23 bits per heavy atom. The highest BCUT2D eigenvalue weighted by Gasteiger charge is 2.24. The van der Waals surface area contributed by atoms with E-state index in [0.29, 0.717) is 12.0 Å². The van der Waals surface area contributed by atoms with Crippen molar-refractivity contribution in [3.63, 3.8) is 0 Å². The summed E-state index contributed by atoms with van der Waals surface area (Å²) in [5, 5.41) is 9.90. The summed E-state index contributed by atoms with van der Waals surface area (Å²) in [6.07, 6.45) is 1.87. The van der Waals surface area contributed by atoms with Gasteiger partial charge in [0.05, 0.1) is 12.4 Å². The van der Waals surface area contributed by atoms with E-state index in [9.17, 15) is 22.7 Å². The van der Waals surface area contributed by atoms with Gasteiger partial charge in [-0.05, 0) is 49.6 Å². The van der Waals surface area contributed by atoms with Crippen LogP contribution in [0.2, 0.25) is 0 Å². The number of hydrogen-bond acceptors (Lipinski definition) is 7. The quantitative estimate of drug-likeness (QED) is 0.574. The number of aromatic hydroxyl groups is 1. The molecule has 0 aliphatic carbocycles. The van der Waals surface area contributed by atoms with Crippen LogP contribution in [0.1, 0.15) is 35.5 Å². The molecule has 0 fully saturated rings. The van der Waals surface area contributed by atoms with Crippen molar-refractivity contribution in [1.29, 1.82) is 0 Å². The molecule has 0 bridgehead atoms. The van der Waals surface area contributed by atoms with E-state index in [1.807, 2.05) is 0 Å². The average Bonchev–Trinajstić information content (AvgIpc) is 2.71. The number of aromatic nitrogens is 2. The zero-order chi connectivity index (χ0) is 22.1. The molecule has 1 aromatic carbocycles. The fraction of sp³-hybridized carbons (Fsp3) is 0.250. The van der Waals surface area contributed by atoms with Crippen LogP contribution in [0.15, 0.2) is 36.5 Å². The van der Waals surface area contributed by atoms with Crippen LogP contribution in [0.25, 0.3) is 10.9 Å². The maximum atomic E-state index is 13.1. The van der Waals surface area contributed by atoms with Gasteiger partial charge in [0, 0.05) is 11.6 Å². The van der Waals surface area contributed by atoms with Gasteiger partial charge in [0.1, 0.15) is 17.2 Å². The lowest BCUT2D eigenvalue weighted by Gasteiger charge is -2.15. The number of carbonyl (C=O) groups is 1. The third-order valence-corrected chi connectivity index (χ3v) is 6.15. The molecule has 0 aliphatic heterocycles. The third-order valence-electron chi connectivity index (χ3n) is 4.43. The van der Waals surface area contributed by atoms with Crippen LogP contribution in [0.3, 0.4) is 0 Å². The minimum atomic E-state index is -3.80. The predicted molar refractivity (Wildman–Crippen MR) is 109 cm³/mol. The highest BCUT2D eigenvalue weighted by atomic mass is 32.2. The van der Waals surface area contributed by atoms with Crippen LogP contribution < -0.4 is 4.72 Å². The van der Waals surface area contributed by atoms with Crippen molar-refractivity contribution in [2.75, 3.05) is 11.8 Å². The van der Waals surface area contributed by atoms with Crippen LogP contribution in [0.4, 0.5) is 10.2 Å². The number of methoxy groups -OCH3 is 1. The molecule has 2 N–H and O–H groups in total. The normalized spacial score (nSPS) is 11.6. The molecule has 2 heterocycles. The van der Waals surface area contributed by atoms with Crippen LogP contribution >= 0.6 is 0 Å². The van der Waals surface area contributed by atoms with Crippen LogP contribution in [-0.4, -0.2) is 41.8 Å². The summed E-state index contributed by atoms with van der Waals surface area (Å²) in [7, 11) is -2.68. The number of anilines is 1. The second kappa shape index (κ2) is 8.23. The molecule has 2 aromatic heterocycles. The van der Waals surface area contributed by atoms with E-state index in [-0.39, 0.29) is 22.5 Å². The number of fused-ring (bicyclic) bond motifs is 1. The molecule has 0 amide bonds. The topological polar surface area (TPSA) is 118 Å². The van der Waals surface area contributed by atoms with E-state index in [4.69, 9.17) is 0 Å². The second-order valence-corrected chi connectivity index (χ2v) is 9.12. The number of halogens is 1. The molecule has 3 aromatic rings. The maximum absolute atomic E-state index is 13.1. The van der Waals surface area contributed by atoms with Gasteiger partial charge in [-0.3, -0.25) is 9.71 Å². The monoisotopic (exact) mass is 433 g/mol.